The number of benzene rings is 1. The number of nitrogens with zero attached hydrogens (tertiary/aromatic N) is 2. The molecule has 2 saturated heterocycles. The Morgan fingerprint density at radius 1 is 1.11 bits per heavy atom. The topological polar surface area (TPSA) is 99.9 Å². The number of aromatic hydroxyl groups is 1. The molecule has 2 aromatic rings. The summed E-state index contributed by atoms with van der Waals surface area (Å²) in [6, 6.07) is 5.93. The molecule has 206 valence electrons. The predicted octanol–water partition coefficient (Wildman–Crippen LogP) is 5.03. The van der Waals surface area contributed by atoms with Crippen LogP contribution in [0, 0.1) is 5.41 Å². The molecule has 2 aliphatic rings. The Balaban J connectivity index is 1.48. The van der Waals surface area contributed by atoms with Crippen LogP contribution < -0.4 is 5.32 Å². The van der Waals surface area contributed by atoms with E-state index in [4.69, 9.17) is 5.41 Å². The number of phenolic OH excluding ortho intramolecular Hbond substituents is 1. The van der Waals surface area contributed by atoms with Gasteiger partial charge in [-0.25, -0.2) is 0 Å². The first-order valence-corrected chi connectivity index (χ1v) is 14.7. The Morgan fingerprint density at radius 2 is 1.84 bits per heavy atom. The molecule has 0 aliphatic carbocycles. The fourth-order valence-corrected chi connectivity index (χ4v) is 6.25. The van der Waals surface area contributed by atoms with Crippen LogP contribution in [0.25, 0.3) is 10.1 Å². The number of carbonyl (C=O) groups is 1. The maximum atomic E-state index is 12.9. The maximum absolute atomic E-state index is 12.9. The lowest BCUT2D eigenvalue weighted by Gasteiger charge is -2.36. The van der Waals surface area contributed by atoms with Gasteiger partial charge in [-0.2, -0.15) is 0 Å². The second kappa shape index (κ2) is 12.5. The Hall–Kier alpha value is -2.68. The minimum absolute atomic E-state index is 0.154. The summed E-state index contributed by atoms with van der Waals surface area (Å²) >= 11 is 1.58. The van der Waals surface area contributed by atoms with Crippen molar-refractivity contribution in [2.24, 2.45) is 0 Å². The number of amides is 1. The number of thiophene rings is 1. The van der Waals surface area contributed by atoms with Gasteiger partial charge in [-0.1, -0.05) is 12.5 Å². The lowest BCUT2D eigenvalue weighted by molar-refractivity contribution is -0.134. The highest BCUT2D eigenvalue weighted by Crippen LogP contribution is 2.34. The molecule has 2 aliphatic heterocycles. The highest BCUT2D eigenvalue weighted by atomic mass is 32.1. The monoisotopic (exact) mass is 538 g/mol. The van der Waals surface area contributed by atoms with Crippen LogP contribution in [0.4, 0.5) is 0 Å². The number of aliphatic hydroxyl groups is 1. The van der Waals surface area contributed by atoms with E-state index in [-0.39, 0.29) is 23.8 Å². The van der Waals surface area contributed by atoms with Crippen molar-refractivity contribution in [2.45, 2.75) is 71.9 Å². The standard InChI is InChI=1S/C30H42N4O3S/c1-5-19(2)29(21(4)20(3)28(31)25-8-9-26-24(30(25)37)12-16-38-26)32-22-7-6-13-33(17-22)18-27(36)34-14-10-23(35)11-15-34/h8-9,12,16,22-23,31-32,35,37H,5-7,10-11,13-15,17-18H2,1-4H3/b21-20-,29-19-,31-28?. The van der Waals surface area contributed by atoms with Crippen molar-refractivity contribution in [1.29, 1.82) is 5.41 Å². The summed E-state index contributed by atoms with van der Waals surface area (Å²) < 4.78 is 1.01. The third-order valence-electron chi connectivity index (χ3n) is 8.18. The van der Waals surface area contributed by atoms with Gasteiger partial charge in [0, 0.05) is 47.0 Å². The van der Waals surface area contributed by atoms with E-state index in [1.807, 2.05) is 35.4 Å². The molecule has 1 aromatic carbocycles. The molecule has 0 spiro atoms. The van der Waals surface area contributed by atoms with Crippen molar-refractivity contribution in [2.75, 3.05) is 32.7 Å². The van der Waals surface area contributed by atoms with Crippen LogP contribution in [0.5, 0.6) is 5.75 Å². The highest BCUT2D eigenvalue weighted by molar-refractivity contribution is 7.17. The van der Waals surface area contributed by atoms with E-state index >= 15 is 0 Å². The van der Waals surface area contributed by atoms with Crippen molar-refractivity contribution in [1.82, 2.24) is 15.1 Å². The van der Waals surface area contributed by atoms with Gasteiger partial charge in [0.05, 0.1) is 18.4 Å². The van der Waals surface area contributed by atoms with Crippen molar-refractivity contribution in [3.63, 3.8) is 0 Å². The fourth-order valence-electron chi connectivity index (χ4n) is 5.46. The van der Waals surface area contributed by atoms with Gasteiger partial charge in [-0.3, -0.25) is 15.1 Å². The van der Waals surface area contributed by atoms with E-state index in [0.717, 1.165) is 59.3 Å². The summed E-state index contributed by atoms with van der Waals surface area (Å²) in [4.78, 5) is 17.0. The number of hydrogen-bond acceptors (Lipinski definition) is 7. The van der Waals surface area contributed by atoms with Gasteiger partial charge in [-0.15, -0.1) is 11.3 Å². The second-order valence-corrected chi connectivity index (χ2v) is 11.7. The van der Waals surface area contributed by atoms with Crippen molar-refractivity contribution < 1.29 is 15.0 Å². The van der Waals surface area contributed by atoms with Crippen LogP contribution in [0.3, 0.4) is 0 Å². The van der Waals surface area contributed by atoms with Crippen LogP contribution in [0.15, 0.2) is 46.0 Å². The highest BCUT2D eigenvalue weighted by Gasteiger charge is 2.27. The Bertz CT molecular complexity index is 1240. The molecule has 1 unspecified atom stereocenters. The zero-order chi connectivity index (χ0) is 27.4. The number of carbonyl (C=O) groups excluding carboxylic acids is 1. The molecule has 8 heteroatoms. The normalized spacial score (nSPS) is 20.8. The van der Waals surface area contributed by atoms with E-state index < -0.39 is 0 Å². The molecule has 2 fully saturated rings. The SMILES string of the molecule is CC/C(C)=C(NC1CCCN(CC(=O)N2CCC(O)CC2)C1)/C(C)=C(/C)C(=N)c1ccc2sccc2c1O. The first-order valence-electron chi connectivity index (χ1n) is 13.8. The Labute approximate surface area is 230 Å². The molecule has 7 nitrogen and oxygen atoms in total. The smallest absolute Gasteiger partial charge is 0.236 e. The third-order valence-corrected chi connectivity index (χ3v) is 9.06. The summed E-state index contributed by atoms with van der Waals surface area (Å²) in [6.07, 6.45) is 3.99. The summed E-state index contributed by atoms with van der Waals surface area (Å²) in [5, 5.41) is 36.1. The molecular formula is C30H42N4O3S. The molecule has 1 aromatic heterocycles. The summed E-state index contributed by atoms with van der Waals surface area (Å²) in [5.41, 5.74) is 5.02. The largest absolute Gasteiger partial charge is 0.507 e. The molecule has 1 atom stereocenters. The fraction of sp³-hybridized carbons (Fsp3) is 0.533. The van der Waals surface area contributed by atoms with Crippen LogP contribution in [-0.4, -0.2) is 76.5 Å². The lowest BCUT2D eigenvalue weighted by Crippen LogP contribution is -2.50. The molecule has 4 N–H and O–H groups in total. The zero-order valence-corrected chi connectivity index (χ0v) is 24.0. The average molecular weight is 539 g/mol. The zero-order valence-electron chi connectivity index (χ0n) is 23.1. The number of allylic oxidation sites excluding steroid dienone is 3. The van der Waals surface area contributed by atoms with Gasteiger partial charge in [0.15, 0.2) is 0 Å². The summed E-state index contributed by atoms with van der Waals surface area (Å²) in [5.74, 6) is 0.322. The first-order chi connectivity index (χ1) is 18.2. The number of rotatable bonds is 8. The molecule has 1 amide bonds. The van der Waals surface area contributed by atoms with Crippen LogP contribution in [0.1, 0.15) is 65.4 Å². The Kier molecular flexibility index (Phi) is 9.28. The van der Waals surface area contributed by atoms with Crippen LogP contribution in [0.2, 0.25) is 0 Å². The lowest BCUT2D eigenvalue weighted by atomic mass is 9.94. The quantitative estimate of drug-likeness (QED) is 0.279. The van der Waals surface area contributed by atoms with E-state index in [2.05, 4.69) is 31.0 Å². The molecule has 0 bridgehead atoms. The van der Waals surface area contributed by atoms with Crippen LogP contribution >= 0.6 is 11.3 Å². The molecule has 0 saturated carbocycles. The Morgan fingerprint density at radius 3 is 2.55 bits per heavy atom. The predicted molar refractivity (Wildman–Crippen MR) is 156 cm³/mol. The van der Waals surface area contributed by atoms with Crippen molar-refractivity contribution >= 4 is 33.0 Å². The average Bonchev–Trinajstić information content (AvgIpc) is 3.41. The number of aliphatic hydroxyl groups excluding tert-OH is 1. The van der Waals surface area contributed by atoms with Crippen molar-refractivity contribution in [3.05, 3.63) is 51.6 Å². The van der Waals surface area contributed by atoms with Crippen LogP contribution in [-0.2, 0) is 4.79 Å². The minimum atomic E-state index is -0.279. The van der Waals surface area contributed by atoms with Gasteiger partial charge < -0.3 is 20.4 Å². The summed E-state index contributed by atoms with van der Waals surface area (Å²) in [6.45, 7) is 11.7. The first kappa shape index (κ1) is 28.3. The second-order valence-electron chi connectivity index (χ2n) is 10.8. The van der Waals surface area contributed by atoms with Crippen molar-refractivity contribution in [3.8, 4) is 5.75 Å². The van der Waals surface area contributed by atoms with E-state index in [1.54, 1.807) is 11.3 Å². The van der Waals surface area contributed by atoms with E-state index in [9.17, 15) is 15.0 Å². The van der Waals surface area contributed by atoms with Gasteiger partial charge in [0.25, 0.3) is 0 Å². The number of hydrogen-bond donors (Lipinski definition) is 4. The molecule has 38 heavy (non-hydrogen) atoms. The number of piperidine rings is 2. The molecule has 0 radical (unpaired) electrons. The van der Waals surface area contributed by atoms with Gasteiger partial charge >= 0.3 is 0 Å². The van der Waals surface area contributed by atoms with E-state index in [1.165, 1.54) is 5.57 Å². The molecular weight excluding hydrogens is 496 g/mol. The third kappa shape index (κ3) is 6.30. The number of nitrogens with one attached hydrogen (secondary N) is 2. The number of fused-ring (bicyclic) bond motifs is 1. The van der Waals surface area contributed by atoms with Gasteiger partial charge in [0.2, 0.25) is 5.91 Å². The number of likely N-dealkylation sites (tertiary alicyclic amines) is 2. The van der Waals surface area contributed by atoms with E-state index in [0.29, 0.717) is 43.8 Å². The maximum Gasteiger partial charge on any atom is 0.236 e. The molecule has 3 heterocycles. The summed E-state index contributed by atoms with van der Waals surface area (Å²) in [7, 11) is 0. The van der Waals surface area contributed by atoms with Gasteiger partial charge in [-0.05, 0) is 94.1 Å². The number of phenols is 1. The van der Waals surface area contributed by atoms with Gasteiger partial charge in [0.1, 0.15) is 5.75 Å². The minimum Gasteiger partial charge on any atom is -0.507 e. The molecule has 4 rings (SSSR count).